The fourth-order valence-electron chi connectivity index (χ4n) is 2.79. The first-order chi connectivity index (χ1) is 12.5. The number of benzene rings is 1. The number of nitrogens with one attached hydrogen (secondary N) is 3. The van der Waals surface area contributed by atoms with Crippen LogP contribution in [0.1, 0.15) is 32.6 Å². The molecule has 2 aromatic rings. The lowest BCUT2D eigenvalue weighted by molar-refractivity contribution is -0.119. The highest BCUT2D eigenvalue weighted by Gasteiger charge is 2.22. The van der Waals surface area contributed by atoms with E-state index in [1.54, 1.807) is 25.1 Å². The molecule has 0 spiro atoms. The van der Waals surface area contributed by atoms with Crippen molar-refractivity contribution in [1.29, 1.82) is 0 Å². The molecular formula is C17H20FN5O2S. The Kier molecular flexibility index (Phi) is 5.87. The number of aromatic amines is 1. The molecule has 1 aliphatic rings. The van der Waals surface area contributed by atoms with E-state index in [-0.39, 0.29) is 11.9 Å². The van der Waals surface area contributed by atoms with Gasteiger partial charge in [0.1, 0.15) is 5.82 Å². The number of hydrogen-bond acceptors (Lipinski definition) is 5. The number of urea groups is 1. The topological polar surface area (TPSA) is 99.8 Å². The standard InChI is InChI=1S/C17H20FN5O2S/c1-10(15(24)21-16(25)19-11-6-2-3-7-11)26-17-20-14(22-23-17)12-8-4-5-9-13(12)18/h4-5,8-11H,2-3,6-7H2,1H3,(H,20,22,23)(H2,19,21,24,25)/t10-/m1/s1. The molecule has 138 valence electrons. The Morgan fingerprint density at radius 3 is 2.77 bits per heavy atom. The third kappa shape index (κ3) is 4.60. The number of carbonyl (C=O) groups is 2. The fourth-order valence-corrected chi connectivity index (χ4v) is 3.51. The first-order valence-corrected chi connectivity index (χ1v) is 9.36. The molecule has 0 bridgehead atoms. The molecule has 0 radical (unpaired) electrons. The molecule has 26 heavy (non-hydrogen) atoms. The molecule has 1 atom stereocenters. The van der Waals surface area contributed by atoms with Crippen LogP contribution < -0.4 is 10.6 Å². The molecule has 3 N–H and O–H groups in total. The first kappa shape index (κ1) is 18.4. The smallest absolute Gasteiger partial charge is 0.321 e. The van der Waals surface area contributed by atoms with Crippen LogP contribution in [0.15, 0.2) is 29.4 Å². The highest BCUT2D eigenvalue weighted by Crippen LogP contribution is 2.24. The van der Waals surface area contributed by atoms with Crippen LogP contribution in [-0.4, -0.2) is 38.4 Å². The van der Waals surface area contributed by atoms with Crippen molar-refractivity contribution in [3.05, 3.63) is 30.1 Å². The molecule has 1 aromatic carbocycles. The molecule has 1 saturated carbocycles. The van der Waals surface area contributed by atoms with Gasteiger partial charge in [0.05, 0.1) is 10.8 Å². The Balaban J connectivity index is 1.54. The summed E-state index contributed by atoms with van der Waals surface area (Å²) in [5, 5.41) is 11.5. The summed E-state index contributed by atoms with van der Waals surface area (Å²) in [6, 6.07) is 5.89. The summed E-state index contributed by atoms with van der Waals surface area (Å²) in [6.45, 7) is 1.65. The maximum atomic E-state index is 13.8. The van der Waals surface area contributed by atoms with Gasteiger partial charge in [-0.1, -0.05) is 36.7 Å². The zero-order valence-electron chi connectivity index (χ0n) is 14.3. The lowest BCUT2D eigenvalue weighted by Crippen LogP contribution is -2.45. The molecule has 0 unspecified atom stereocenters. The zero-order chi connectivity index (χ0) is 18.5. The van der Waals surface area contributed by atoms with Crippen LogP contribution in [0.5, 0.6) is 0 Å². The maximum absolute atomic E-state index is 13.8. The van der Waals surface area contributed by atoms with Gasteiger partial charge in [-0.3, -0.25) is 15.2 Å². The second kappa shape index (κ2) is 8.31. The van der Waals surface area contributed by atoms with Crippen LogP contribution in [0.25, 0.3) is 11.4 Å². The van der Waals surface area contributed by atoms with Crippen molar-refractivity contribution in [2.24, 2.45) is 0 Å². The molecule has 9 heteroatoms. The number of amides is 3. The number of halogens is 1. The molecule has 1 aromatic heterocycles. The van der Waals surface area contributed by atoms with Gasteiger partial charge >= 0.3 is 6.03 Å². The Morgan fingerprint density at radius 2 is 2.04 bits per heavy atom. The normalized spacial score (nSPS) is 15.6. The van der Waals surface area contributed by atoms with Crippen molar-refractivity contribution < 1.29 is 14.0 Å². The molecule has 1 fully saturated rings. The molecule has 0 saturated heterocycles. The van der Waals surface area contributed by atoms with E-state index in [0.717, 1.165) is 37.4 Å². The van der Waals surface area contributed by atoms with E-state index < -0.39 is 23.0 Å². The number of carbonyl (C=O) groups excluding carboxylic acids is 2. The van der Waals surface area contributed by atoms with Crippen molar-refractivity contribution in [3.8, 4) is 11.4 Å². The van der Waals surface area contributed by atoms with Gasteiger partial charge in [0.15, 0.2) is 5.82 Å². The zero-order valence-corrected chi connectivity index (χ0v) is 15.1. The fraction of sp³-hybridized carbons (Fsp3) is 0.412. The first-order valence-electron chi connectivity index (χ1n) is 8.48. The summed E-state index contributed by atoms with van der Waals surface area (Å²) in [5.74, 6) is -0.547. The summed E-state index contributed by atoms with van der Waals surface area (Å²) in [7, 11) is 0. The van der Waals surface area contributed by atoms with Gasteiger partial charge in [-0.15, -0.1) is 5.10 Å². The molecule has 1 heterocycles. The average Bonchev–Trinajstić information content (AvgIpc) is 3.27. The van der Waals surface area contributed by atoms with E-state index in [0.29, 0.717) is 10.7 Å². The molecular weight excluding hydrogens is 357 g/mol. The number of imide groups is 1. The van der Waals surface area contributed by atoms with Crippen LogP contribution >= 0.6 is 11.8 Å². The highest BCUT2D eigenvalue weighted by atomic mass is 32.2. The SMILES string of the molecule is C[C@@H](Sc1n[nH]c(-c2ccccc2F)n1)C(=O)NC(=O)NC1CCCC1. The van der Waals surface area contributed by atoms with Crippen LogP contribution in [0.2, 0.25) is 0 Å². The molecule has 7 nitrogen and oxygen atoms in total. The quantitative estimate of drug-likeness (QED) is 0.696. The van der Waals surface area contributed by atoms with Crippen molar-refractivity contribution >= 4 is 23.7 Å². The maximum Gasteiger partial charge on any atom is 0.321 e. The van der Waals surface area contributed by atoms with E-state index in [1.807, 2.05) is 0 Å². The van der Waals surface area contributed by atoms with E-state index >= 15 is 0 Å². The van der Waals surface area contributed by atoms with Crippen LogP contribution in [-0.2, 0) is 4.79 Å². The Bertz CT molecular complexity index is 791. The van der Waals surface area contributed by atoms with Gasteiger partial charge in [0.2, 0.25) is 11.1 Å². The Hall–Kier alpha value is -2.42. The average molecular weight is 377 g/mol. The van der Waals surface area contributed by atoms with Gasteiger partial charge in [0.25, 0.3) is 0 Å². The number of nitrogens with zero attached hydrogens (tertiary/aromatic N) is 2. The summed E-state index contributed by atoms with van der Waals surface area (Å²) >= 11 is 1.09. The predicted octanol–water partition coefficient (Wildman–Crippen LogP) is 2.86. The van der Waals surface area contributed by atoms with E-state index in [2.05, 4.69) is 25.8 Å². The third-order valence-corrected chi connectivity index (χ3v) is 5.13. The molecule has 3 rings (SSSR count). The van der Waals surface area contributed by atoms with Crippen LogP contribution in [0.3, 0.4) is 0 Å². The van der Waals surface area contributed by atoms with E-state index in [9.17, 15) is 14.0 Å². The largest absolute Gasteiger partial charge is 0.335 e. The number of H-pyrrole nitrogens is 1. The molecule has 1 aliphatic carbocycles. The summed E-state index contributed by atoms with van der Waals surface area (Å²) in [6.07, 6.45) is 4.09. The van der Waals surface area contributed by atoms with Gasteiger partial charge in [-0.2, -0.15) is 0 Å². The monoisotopic (exact) mass is 377 g/mol. The van der Waals surface area contributed by atoms with Gasteiger partial charge in [-0.25, -0.2) is 14.2 Å². The van der Waals surface area contributed by atoms with Crippen molar-refractivity contribution in [2.75, 3.05) is 0 Å². The van der Waals surface area contributed by atoms with Gasteiger partial charge in [-0.05, 0) is 31.9 Å². The second-order valence-corrected chi connectivity index (χ2v) is 7.46. The second-order valence-electron chi connectivity index (χ2n) is 6.15. The third-order valence-electron chi connectivity index (χ3n) is 4.17. The van der Waals surface area contributed by atoms with Crippen LogP contribution in [0.4, 0.5) is 9.18 Å². The minimum Gasteiger partial charge on any atom is -0.335 e. The lowest BCUT2D eigenvalue weighted by Gasteiger charge is -2.14. The molecule has 3 amide bonds. The Labute approximate surface area is 154 Å². The summed E-state index contributed by atoms with van der Waals surface area (Å²) < 4.78 is 13.8. The minimum absolute atomic E-state index is 0.141. The number of aromatic nitrogens is 3. The van der Waals surface area contributed by atoms with Crippen molar-refractivity contribution in [2.45, 2.75) is 49.1 Å². The summed E-state index contributed by atoms with van der Waals surface area (Å²) in [5.41, 5.74) is 0.305. The highest BCUT2D eigenvalue weighted by molar-refractivity contribution is 8.00. The van der Waals surface area contributed by atoms with E-state index in [1.165, 1.54) is 6.07 Å². The van der Waals surface area contributed by atoms with Gasteiger partial charge in [0, 0.05) is 6.04 Å². The van der Waals surface area contributed by atoms with Crippen molar-refractivity contribution in [3.63, 3.8) is 0 Å². The van der Waals surface area contributed by atoms with E-state index in [4.69, 9.17) is 0 Å². The minimum atomic E-state index is -0.575. The number of hydrogen-bond donors (Lipinski definition) is 3. The molecule has 0 aliphatic heterocycles. The Morgan fingerprint density at radius 1 is 1.31 bits per heavy atom. The number of thioether (sulfide) groups is 1. The lowest BCUT2D eigenvalue weighted by atomic mass is 10.2. The van der Waals surface area contributed by atoms with Gasteiger partial charge < -0.3 is 5.32 Å². The predicted molar refractivity (Wildman–Crippen MR) is 96.0 cm³/mol. The van der Waals surface area contributed by atoms with Crippen LogP contribution in [0, 0.1) is 5.82 Å². The summed E-state index contributed by atoms with van der Waals surface area (Å²) in [4.78, 5) is 28.2. The number of rotatable bonds is 5. The van der Waals surface area contributed by atoms with Crippen molar-refractivity contribution in [1.82, 2.24) is 25.8 Å².